The predicted molar refractivity (Wildman–Crippen MR) is 58.0 cm³/mol. The summed E-state index contributed by atoms with van der Waals surface area (Å²) in [7, 11) is 0. The van der Waals surface area contributed by atoms with Gasteiger partial charge < -0.3 is 10.2 Å². The van der Waals surface area contributed by atoms with E-state index in [9.17, 15) is 14.8 Å². The molecule has 80 valence electrons. The minimum Gasteiger partial charge on any atom is -0.505 e. The topological polar surface area (TPSA) is 87.0 Å². The van der Waals surface area contributed by atoms with Crippen molar-refractivity contribution >= 4 is 22.4 Å². The quantitative estimate of drug-likeness (QED) is 0.757. The molecule has 0 atom stereocenters. The number of carbonyl (C=O) groups is 1. The van der Waals surface area contributed by atoms with E-state index >= 15 is 0 Å². The standard InChI is InChI=1S/C11H7NO4/c13-10-8(11(14)15)5-6-3-1-2-4-7(6)9(10)12-16/h1-5,13H,(H,14,15). The van der Waals surface area contributed by atoms with Crippen molar-refractivity contribution in [3.05, 3.63) is 40.8 Å². The Morgan fingerprint density at radius 1 is 1.25 bits per heavy atom. The molecular weight excluding hydrogens is 210 g/mol. The maximum Gasteiger partial charge on any atom is 0.339 e. The number of hydrogen-bond acceptors (Lipinski definition) is 4. The zero-order valence-corrected chi connectivity index (χ0v) is 8.04. The molecule has 0 aromatic heterocycles. The molecule has 0 fully saturated rings. The normalized spacial score (nSPS) is 10.2. The van der Waals surface area contributed by atoms with Gasteiger partial charge in [-0.2, -0.15) is 0 Å². The van der Waals surface area contributed by atoms with Crippen molar-refractivity contribution in [3.63, 3.8) is 0 Å². The van der Waals surface area contributed by atoms with E-state index in [0.29, 0.717) is 10.8 Å². The molecule has 5 heteroatoms. The molecule has 0 saturated heterocycles. The maximum absolute atomic E-state index is 10.8. The van der Waals surface area contributed by atoms with Gasteiger partial charge in [-0.25, -0.2) is 4.79 Å². The fraction of sp³-hybridized carbons (Fsp3) is 0. The summed E-state index contributed by atoms with van der Waals surface area (Å²) in [4.78, 5) is 21.4. The van der Waals surface area contributed by atoms with Crippen molar-refractivity contribution in [3.8, 4) is 5.75 Å². The van der Waals surface area contributed by atoms with Gasteiger partial charge in [-0.1, -0.05) is 24.3 Å². The Balaban J connectivity index is 2.93. The number of fused-ring (bicyclic) bond motifs is 1. The lowest BCUT2D eigenvalue weighted by Gasteiger charge is -2.05. The average Bonchev–Trinajstić information content (AvgIpc) is 2.28. The van der Waals surface area contributed by atoms with E-state index in [-0.39, 0.29) is 11.3 Å². The van der Waals surface area contributed by atoms with E-state index < -0.39 is 11.7 Å². The van der Waals surface area contributed by atoms with Gasteiger partial charge in [0.15, 0.2) is 11.4 Å². The zero-order valence-electron chi connectivity index (χ0n) is 8.04. The first-order chi connectivity index (χ1) is 7.65. The van der Waals surface area contributed by atoms with Gasteiger partial charge in [-0.05, 0) is 16.6 Å². The monoisotopic (exact) mass is 217 g/mol. The highest BCUT2D eigenvalue weighted by Crippen LogP contribution is 2.37. The van der Waals surface area contributed by atoms with Crippen LogP contribution in [0.4, 0.5) is 5.69 Å². The number of carboxylic acids is 1. The fourth-order valence-corrected chi connectivity index (χ4v) is 1.57. The number of aromatic hydroxyl groups is 1. The second-order valence-electron chi connectivity index (χ2n) is 3.24. The van der Waals surface area contributed by atoms with Crippen molar-refractivity contribution in [2.75, 3.05) is 0 Å². The lowest BCUT2D eigenvalue weighted by Crippen LogP contribution is -1.97. The molecule has 2 rings (SSSR count). The molecule has 0 aliphatic carbocycles. The van der Waals surface area contributed by atoms with E-state index in [1.807, 2.05) is 0 Å². The Kier molecular flexibility index (Phi) is 2.28. The molecule has 0 radical (unpaired) electrons. The molecule has 0 spiro atoms. The lowest BCUT2D eigenvalue weighted by atomic mass is 10.0. The van der Waals surface area contributed by atoms with Crippen LogP contribution in [-0.4, -0.2) is 16.2 Å². The molecule has 0 aliphatic rings. The number of carboxylic acid groups (broad SMARTS) is 1. The van der Waals surface area contributed by atoms with Gasteiger partial charge in [-0.3, -0.25) is 0 Å². The molecule has 5 nitrogen and oxygen atoms in total. The Labute approximate surface area is 89.9 Å². The van der Waals surface area contributed by atoms with Crippen LogP contribution >= 0.6 is 0 Å². The third kappa shape index (κ3) is 1.38. The largest absolute Gasteiger partial charge is 0.505 e. The first-order valence-electron chi connectivity index (χ1n) is 4.46. The zero-order chi connectivity index (χ0) is 11.7. The number of benzene rings is 2. The van der Waals surface area contributed by atoms with Crippen molar-refractivity contribution in [2.45, 2.75) is 0 Å². The number of phenols is 1. The SMILES string of the molecule is O=Nc1c(O)c(C(=O)O)cc2ccccc12. The van der Waals surface area contributed by atoms with Gasteiger partial charge in [0.25, 0.3) is 0 Å². The highest BCUT2D eigenvalue weighted by atomic mass is 16.4. The van der Waals surface area contributed by atoms with Crippen LogP contribution in [-0.2, 0) is 0 Å². The molecular formula is C11H7NO4. The van der Waals surface area contributed by atoms with E-state index in [0.717, 1.165) is 0 Å². The van der Waals surface area contributed by atoms with Crippen molar-refractivity contribution in [1.29, 1.82) is 0 Å². The van der Waals surface area contributed by atoms with Crippen LogP contribution in [0.5, 0.6) is 5.75 Å². The summed E-state index contributed by atoms with van der Waals surface area (Å²) in [6.45, 7) is 0. The van der Waals surface area contributed by atoms with Crippen LogP contribution < -0.4 is 0 Å². The molecule has 16 heavy (non-hydrogen) atoms. The summed E-state index contributed by atoms with van der Waals surface area (Å²) in [6, 6.07) is 7.94. The maximum atomic E-state index is 10.8. The molecule has 0 heterocycles. The van der Waals surface area contributed by atoms with Gasteiger partial charge in [0.05, 0.1) is 0 Å². The number of nitroso groups, excluding NO2 is 1. The van der Waals surface area contributed by atoms with Crippen molar-refractivity contribution in [1.82, 2.24) is 0 Å². The van der Waals surface area contributed by atoms with Crippen LogP contribution in [0.3, 0.4) is 0 Å². The van der Waals surface area contributed by atoms with Gasteiger partial charge >= 0.3 is 5.97 Å². The van der Waals surface area contributed by atoms with Gasteiger partial charge in [0.1, 0.15) is 5.56 Å². The molecule has 0 aliphatic heterocycles. The summed E-state index contributed by atoms with van der Waals surface area (Å²) in [5.74, 6) is -1.89. The first-order valence-corrected chi connectivity index (χ1v) is 4.46. The predicted octanol–water partition coefficient (Wildman–Crippen LogP) is 2.64. The summed E-state index contributed by atoms with van der Waals surface area (Å²) < 4.78 is 0. The van der Waals surface area contributed by atoms with Crippen LogP contribution in [0.15, 0.2) is 35.5 Å². The highest BCUT2D eigenvalue weighted by molar-refractivity contribution is 6.04. The molecule has 2 N–H and O–H groups in total. The Bertz CT molecular complexity index is 592. The van der Waals surface area contributed by atoms with Crippen molar-refractivity contribution < 1.29 is 15.0 Å². The molecule has 2 aromatic rings. The average molecular weight is 217 g/mol. The summed E-state index contributed by atoms with van der Waals surface area (Å²) in [6.07, 6.45) is 0. The number of nitrogens with zero attached hydrogens (tertiary/aromatic N) is 1. The highest BCUT2D eigenvalue weighted by Gasteiger charge is 2.17. The Morgan fingerprint density at radius 3 is 2.56 bits per heavy atom. The molecule has 0 unspecified atom stereocenters. The summed E-state index contributed by atoms with van der Waals surface area (Å²) in [5, 5.41) is 22.1. The van der Waals surface area contributed by atoms with Gasteiger partial charge in [0, 0.05) is 5.39 Å². The molecule has 2 aromatic carbocycles. The molecule has 0 amide bonds. The van der Waals surface area contributed by atoms with Crippen LogP contribution in [0, 0.1) is 4.91 Å². The second kappa shape index (κ2) is 3.62. The Morgan fingerprint density at radius 2 is 1.94 bits per heavy atom. The van der Waals surface area contributed by atoms with Crippen LogP contribution in [0.2, 0.25) is 0 Å². The van der Waals surface area contributed by atoms with E-state index in [1.165, 1.54) is 6.07 Å². The first kappa shape index (κ1) is 10.1. The molecule has 0 bridgehead atoms. The van der Waals surface area contributed by atoms with E-state index in [4.69, 9.17) is 5.11 Å². The third-order valence-electron chi connectivity index (χ3n) is 2.32. The van der Waals surface area contributed by atoms with E-state index in [1.54, 1.807) is 24.3 Å². The number of rotatable bonds is 2. The fourth-order valence-electron chi connectivity index (χ4n) is 1.57. The van der Waals surface area contributed by atoms with Gasteiger partial charge in [0.2, 0.25) is 0 Å². The minimum absolute atomic E-state index is 0.240. The van der Waals surface area contributed by atoms with Crippen molar-refractivity contribution in [2.24, 2.45) is 5.18 Å². The number of aromatic carboxylic acids is 1. The third-order valence-corrected chi connectivity index (χ3v) is 2.32. The Hall–Kier alpha value is -2.43. The second-order valence-corrected chi connectivity index (χ2v) is 3.24. The molecule has 0 saturated carbocycles. The van der Waals surface area contributed by atoms with Crippen LogP contribution in [0.25, 0.3) is 10.8 Å². The summed E-state index contributed by atoms with van der Waals surface area (Å²) in [5.41, 5.74) is -0.566. The van der Waals surface area contributed by atoms with E-state index in [2.05, 4.69) is 5.18 Å². The van der Waals surface area contributed by atoms with Crippen LogP contribution in [0.1, 0.15) is 10.4 Å². The lowest BCUT2D eigenvalue weighted by molar-refractivity contribution is 0.0694. The summed E-state index contributed by atoms with van der Waals surface area (Å²) >= 11 is 0. The minimum atomic E-state index is -1.30. The smallest absolute Gasteiger partial charge is 0.339 e. The number of hydrogen-bond donors (Lipinski definition) is 2. The van der Waals surface area contributed by atoms with Gasteiger partial charge in [-0.15, -0.1) is 4.91 Å².